The van der Waals surface area contributed by atoms with Crippen molar-refractivity contribution in [2.24, 2.45) is 5.92 Å². The molecule has 0 bridgehead atoms. The lowest BCUT2D eigenvalue weighted by Gasteiger charge is -2.31. The smallest absolute Gasteiger partial charge is 0.251 e. The van der Waals surface area contributed by atoms with Gasteiger partial charge in [0.25, 0.3) is 5.91 Å². The maximum atomic E-state index is 11.9. The highest BCUT2D eigenvalue weighted by molar-refractivity contribution is 6.32. The van der Waals surface area contributed by atoms with Crippen LogP contribution in [-0.4, -0.2) is 17.1 Å². The molecule has 2 N–H and O–H groups in total. The van der Waals surface area contributed by atoms with E-state index in [0.717, 1.165) is 0 Å². The molecule has 1 saturated carbocycles. The van der Waals surface area contributed by atoms with Gasteiger partial charge in [0.1, 0.15) is 5.75 Å². The Bertz CT molecular complexity index is 429. The number of rotatable bonds is 3. The number of hydrogen-bond donors (Lipinski definition) is 2. The predicted molar refractivity (Wildman–Crippen MR) is 67.4 cm³/mol. The first-order valence-electron chi connectivity index (χ1n) is 5.87. The summed E-state index contributed by atoms with van der Waals surface area (Å²) in [5.41, 5.74) is 0.485. The molecule has 1 unspecified atom stereocenters. The molecule has 1 fully saturated rings. The lowest BCUT2D eigenvalue weighted by Crippen LogP contribution is -2.40. The Morgan fingerprint density at radius 2 is 2.24 bits per heavy atom. The Balaban J connectivity index is 2.01. The van der Waals surface area contributed by atoms with E-state index in [4.69, 9.17) is 11.6 Å². The van der Waals surface area contributed by atoms with Crippen LogP contribution in [0.15, 0.2) is 18.2 Å². The molecule has 0 aromatic heterocycles. The lowest BCUT2D eigenvalue weighted by molar-refractivity contribution is 0.0909. The van der Waals surface area contributed by atoms with Gasteiger partial charge >= 0.3 is 0 Å². The Hall–Kier alpha value is -1.22. The van der Waals surface area contributed by atoms with Gasteiger partial charge in [-0.1, -0.05) is 18.0 Å². The topological polar surface area (TPSA) is 49.3 Å². The maximum Gasteiger partial charge on any atom is 0.251 e. The summed E-state index contributed by atoms with van der Waals surface area (Å²) in [6.07, 6.45) is 3.64. The van der Waals surface area contributed by atoms with Crippen molar-refractivity contribution in [2.75, 3.05) is 0 Å². The average Bonchev–Trinajstić information content (AvgIpc) is 2.19. The third kappa shape index (κ3) is 2.72. The molecule has 1 aliphatic carbocycles. The van der Waals surface area contributed by atoms with Gasteiger partial charge in [0, 0.05) is 11.6 Å². The molecule has 1 amide bonds. The largest absolute Gasteiger partial charge is 0.506 e. The summed E-state index contributed by atoms with van der Waals surface area (Å²) in [5.74, 6) is 0.466. The SMILES string of the molecule is CC(NC(=O)c1ccc(O)c(Cl)c1)C1CCC1. The van der Waals surface area contributed by atoms with Crippen LogP contribution < -0.4 is 5.32 Å². The average molecular weight is 254 g/mol. The van der Waals surface area contributed by atoms with Gasteiger partial charge in [0.2, 0.25) is 0 Å². The number of benzene rings is 1. The van der Waals surface area contributed by atoms with Gasteiger partial charge in [-0.15, -0.1) is 0 Å². The summed E-state index contributed by atoms with van der Waals surface area (Å²) in [4.78, 5) is 11.9. The molecule has 0 saturated heterocycles. The van der Waals surface area contributed by atoms with Gasteiger partial charge in [0.15, 0.2) is 0 Å². The Morgan fingerprint density at radius 1 is 1.53 bits per heavy atom. The summed E-state index contributed by atoms with van der Waals surface area (Å²) in [5, 5.41) is 12.4. The van der Waals surface area contributed by atoms with Gasteiger partial charge in [-0.2, -0.15) is 0 Å². The number of phenolic OH excluding ortho intramolecular Hbond substituents is 1. The number of hydrogen-bond acceptors (Lipinski definition) is 2. The number of halogens is 1. The van der Waals surface area contributed by atoms with Gasteiger partial charge in [0.05, 0.1) is 5.02 Å². The highest BCUT2D eigenvalue weighted by Crippen LogP contribution is 2.29. The van der Waals surface area contributed by atoms with E-state index in [1.54, 1.807) is 6.07 Å². The second kappa shape index (κ2) is 4.96. The standard InChI is InChI=1S/C13H16ClNO2/c1-8(9-3-2-4-9)15-13(17)10-5-6-12(16)11(14)7-10/h5-9,16H,2-4H2,1H3,(H,15,17). The molecule has 0 aliphatic heterocycles. The van der Waals surface area contributed by atoms with Crippen LogP contribution in [0.5, 0.6) is 5.75 Å². The third-order valence-electron chi connectivity index (χ3n) is 3.43. The van der Waals surface area contributed by atoms with Gasteiger partial charge < -0.3 is 10.4 Å². The zero-order chi connectivity index (χ0) is 12.4. The van der Waals surface area contributed by atoms with Gasteiger partial charge in [-0.05, 0) is 43.9 Å². The van der Waals surface area contributed by atoms with E-state index in [0.29, 0.717) is 11.5 Å². The van der Waals surface area contributed by atoms with Gasteiger partial charge in [-0.25, -0.2) is 0 Å². The molecule has 1 aromatic rings. The highest BCUT2D eigenvalue weighted by atomic mass is 35.5. The van der Waals surface area contributed by atoms with E-state index in [2.05, 4.69) is 5.32 Å². The van der Waals surface area contributed by atoms with Crippen molar-refractivity contribution in [1.29, 1.82) is 0 Å². The van der Waals surface area contributed by atoms with Crippen molar-refractivity contribution in [2.45, 2.75) is 32.2 Å². The first kappa shape index (κ1) is 12.2. The molecule has 1 atom stereocenters. The van der Waals surface area contributed by atoms with E-state index in [9.17, 15) is 9.90 Å². The normalized spacial score (nSPS) is 17.3. The Labute approximate surface area is 106 Å². The number of carbonyl (C=O) groups excluding carboxylic acids is 1. The van der Waals surface area contributed by atoms with E-state index < -0.39 is 0 Å². The van der Waals surface area contributed by atoms with Crippen LogP contribution in [0.1, 0.15) is 36.5 Å². The summed E-state index contributed by atoms with van der Waals surface area (Å²) < 4.78 is 0. The molecular weight excluding hydrogens is 238 g/mol. The maximum absolute atomic E-state index is 11.9. The fourth-order valence-corrected chi connectivity index (χ4v) is 2.18. The fourth-order valence-electron chi connectivity index (χ4n) is 2.00. The monoisotopic (exact) mass is 253 g/mol. The highest BCUT2D eigenvalue weighted by Gasteiger charge is 2.25. The Kier molecular flexibility index (Phi) is 3.57. The molecule has 4 heteroatoms. The van der Waals surface area contributed by atoms with Crippen molar-refractivity contribution in [3.63, 3.8) is 0 Å². The zero-order valence-electron chi connectivity index (χ0n) is 9.74. The molecule has 1 aromatic carbocycles. The molecule has 0 spiro atoms. The first-order valence-corrected chi connectivity index (χ1v) is 6.25. The van der Waals surface area contributed by atoms with Crippen molar-refractivity contribution in [3.8, 4) is 5.75 Å². The van der Waals surface area contributed by atoms with Crippen LogP contribution in [-0.2, 0) is 0 Å². The number of phenols is 1. The first-order chi connectivity index (χ1) is 8.08. The number of aromatic hydroxyl groups is 1. The molecular formula is C13H16ClNO2. The minimum atomic E-state index is -0.133. The zero-order valence-corrected chi connectivity index (χ0v) is 10.5. The molecule has 1 aliphatic rings. The minimum Gasteiger partial charge on any atom is -0.506 e. The summed E-state index contributed by atoms with van der Waals surface area (Å²) in [6.45, 7) is 2.03. The summed E-state index contributed by atoms with van der Waals surface area (Å²) >= 11 is 5.77. The van der Waals surface area contributed by atoms with Crippen molar-refractivity contribution in [3.05, 3.63) is 28.8 Å². The van der Waals surface area contributed by atoms with Crippen LogP contribution in [0.4, 0.5) is 0 Å². The molecule has 0 radical (unpaired) electrons. The third-order valence-corrected chi connectivity index (χ3v) is 3.73. The van der Waals surface area contributed by atoms with Crippen LogP contribution in [0.25, 0.3) is 0 Å². The van der Waals surface area contributed by atoms with Crippen molar-refractivity contribution in [1.82, 2.24) is 5.32 Å². The van der Waals surface area contributed by atoms with E-state index >= 15 is 0 Å². The summed E-state index contributed by atoms with van der Waals surface area (Å²) in [6, 6.07) is 4.69. The molecule has 3 nitrogen and oxygen atoms in total. The van der Waals surface area contributed by atoms with Crippen LogP contribution >= 0.6 is 11.6 Å². The van der Waals surface area contributed by atoms with Crippen molar-refractivity contribution >= 4 is 17.5 Å². The van der Waals surface area contributed by atoms with Crippen LogP contribution in [0.2, 0.25) is 5.02 Å². The number of carbonyl (C=O) groups is 1. The van der Waals surface area contributed by atoms with E-state index in [1.807, 2.05) is 6.92 Å². The fraction of sp³-hybridized carbons (Fsp3) is 0.462. The van der Waals surface area contributed by atoms with Gasteiger partial charge in [-0.3, -0.25) is 4.79 Å². The Morgan fingerprint density at radius 3 is 2.76 bits per heavy atom. The van der Waals surface area contributed by atoms with Crippen LogP contribution in [0, 0.1) is 5.92 Å². The molecule has 17 heavy (non-hydrogen) atoms. The van der Waals surface area contributed by atoms with E-state index in [1.165, 1.54) is 31.4 Å². The molecule has 92 valence electrons. The number of nitrogens with one attached hydrogen (secondary N) is 1. The molecule has 0 heterocycles. The van der Waals surface area contributed by atoms with Crippen LogP contribution in [0.3, 0.4) is 0 Å². The minimum absolute atomic E-state index is 0.00439. The van der Waals surface area contributed by atoms with E-state index in [-0.39, 0.29) is 22.7 Å². The van der Waals surface area contributed by atoms with Crippen molar-refractivity contribution < 1.29 is 9.90 Å². The summed E-state index contributed by atoms with van der Waals surface area (Å²) in [7, 11) is 0. The second-order valence-corrected chi connectivity index (χ2v) is 5.03. The molecule has 2 rings (SSSR count). The second-order valence-electron chi connectivity index (χ2n) is 4.62. The number of amides is 1. The lowest BCUT2D eigenvalue weighted by atomic mass is 9.80. The quantitative estimate of drug-likeness (QED) is 0.870. The predicted octanol–water partition coefficient (Wildman–Crippen LogP) is 2.96.